The second kappa shape index (κ2) is 4.71. The lowest BCUT2D eigenvalue weighted by molar-refractivity contribution is 0.932. The minimum atomic E-state index is 0. The summed E-state index contributed by atoms with van der Waals surface area (Å²) in [6.45, 7) is 1.92. The molecule has 0 unspecified atom stereocenters. The molecule has 1 aromatic rings. The standard InChI is InChI=1S/C13H14N2.ClH/c1-2-4-11-9-12(6-5-10(11)3-1)13-14-7-8-15-13;/h1-4,9H,5-8H2,(H,14,15);1H. The topological polar surface area (TPSA) is 24.4 Å². The number of rotatable bonds is 1. The Bertz CT molecular complexity index is 449. The first-order valence-electron chi connectivity index (χ1n) is 5.51. The highest BCUT2D eigenvalue weighted by atomic mass is 35.5. The number of aryl methyl sites for hydroxylation is 1. The molecule has 0 radical (unpaired) electrons. The van der Waals surface area contributed by atoms with Crippen molar-refractivity contribution < 1.29 is 0 Å². The highest BCUT2D eigenvalue weighted by Gasteiger charge is 2.15. The van der Waals surface area contributed by atoms with Gasteiger partial charge in [-0.15, -0.1) is 12.4 Å². The van der Waals surface area contributed by atoms with Crippen LogP contribution in [0.5, 0.6) is 0 Å². The van der Waals surface area contributed by atoms with Gasteiger partial charge in [-0.25, -0.2) is 0 Å². The molecule has 1 N–H and O–H groups in total. The van der Waals surface area contributed by atoms with Crippen molar-refractivity contribution in [3.8, 4) is 0 Å². The quantitative estimate of drug-likeness (QED) is 0.793. The summed E-state index contributed by atoms with van der Waals surface area (Å²) >= 11 is 0. The van der Waals surface area contributed by atoms with Gasteiger partial charge in [-0.3, -0.25) is 4.99 Å². The van der Waals surface area contributed by atoms with E-state index in [4.69, 9.17) is 0 Å². The lowest BCUT2D eigenvalue weighted by Gasteiger charge is -2.16. The van der Waals surface area contributed by atoms with E-state index in [9.17, 15) is 0 Å². The summed E-state index contributed by atoms with van der Waals surface area (Å²) < 4.78 is 0. The van der Waals surface area contributed by atoms with Gasteiger partial charge in [-0.1, -0.05) is 24.3 Å². The first kappa shape index (κ1) is 11.2. The molecule has 16 heavy (non-hydrogen) atoms. The van der Waals surface area contributed by atoms with Crippen molar-refractivity contribution in [1.29, 1.82) is 0 Å². The zero-order chi connectivity index (χ0) is 10.1. The lowest BCUT2D eigenvalue weighted by Crippen LogP contribution is -2.21. The second-order valence-corrected chi connectivity index (χ2v) is 4.03. The number of nitrogens with zero attached hydrogens (tertiary/aromatic N) is 1. The van der Waals surface area contributed by atoms with Gasteiger partial charge in [0.1, 0.15) is 5.84 Å². The summed E-state index contributed by atoms with van der Waals surface area (Å²) in [5.41, 5.74) is 4.18. The molecule has 0 saturated heterocycles. The van der Waals surface area contributed by atoms with Gasteiger partial charge in [-0.2, -0.15) is 0 Å². The molecule has 3 rings (SSSR count). The maximum Gasteiger partial charge on any atom is 0.124 e. The van der Waals surface area contributed by atoms with Crippen LogP contribution in [0.1, 0.15) is 17.5 Å². The summed E-state index contributed by atoms with van der Waals surface area (Å²) in [7, 11) is 0. The van der Waals surface area contributed by atoms with Crippen LogP contribution in [0.2, 0.25) is 0 Å². The third kappa shape index (κ3) is 1.98. The van der Waals surface area contributed by atoms with Crippen molar-refractivity contribution in [1.82, 2.24) is 5.32 Å². The Balaban J connectivity index is 0.000000963. The van der Waals surface area contributed by atoms with Crippen LogP contribution in [0.3, 0.4) is 0 Å². The van der Waals surface area contributed by atoms with E-state index in [1.807, 2.05) is 0 Å². The average Bonchev–Trinajstić information content (AvgIpc) is 2.82. The van der Waals surface area contributed by atoms with E-state index < -0.39 is 0 Å². The van der Waals surface area contributed by atoms with Gasteiger partial charge >= 0.3 is 0 Å². The van der Waals surface area contributed by atoms with Gasteiger partial charge in [0, 0.05) is 6.54 Å². The molecule has 2 nitrogen and oxygen atoms in total. The second-order valence-electron chi connectivity index (χ2n) is 4.03. The lowest BCUT2D eigenvalue weighted by atomic mass is 9.92. The predicted molar refractivity (Wildman–Crippen MR) is 70.3 cm³/mol. The monoisotopic (exact) mass is 234 g/mol. The number of halogens is 1. The first-order valence-corrected chi connectivity index (χ1v) is 5.51. The van der Waals surface area contributed by atoms with Crippen molar-refractivity contribution in [2.75, 3.05) is 13.1 Å². The number of hydrogen-bond donors (Lipinski definition) is 1. The number of hydrogen-bond acceptors (Lipinski definition) is 2. The predicted octanol–water partition coefficient (Wildman–Crippen LogP) is 2.44. The zero-order valence-corrected chi connectivity index (χ0v) is 9.89. The maximum absolute atomic E-state index is 4.47. The van der Waals surface area contributed by atoms with Gasteiger partial charge in [0.25, 0.3) is 0 Å². The molecule has 0 fully saturated rings. The summed E-state index contributed by atoms with van der Waals surface area (Å²) in [6, 6.07) is 8.61. The van der Waals surface area contributed by atoms with Crippen LogP contribution in [-0.4, -0.2) is 18.9 Å². The molecule has 84 valence electrons. The fourth-order valence-electron chi connectivity index (χ4n) is 2.23. The van der Waals surface area contributed by atoms with Crippen LogP contribution in [-0.2, 0) is 6.42 Å². The first-order chi connectivity index (χ1) is 7.43. The molecule has 1 heterocycles. The SMILES string of the molecule is C1=C(C2=NCCN2)CCc2ccccc21.Cl. The Hall–Kier alpha value is -1.28. The average molecular weight is 235 g/mol. The highest BCUT2D eigenvalue weighted by molar-refractivity contribution is 6.03. The molecule has 1 aromatic carbocycles. The number of fused-ring (bicyclic) bond motifs is 1. The van der Waals surface area contributed by atoms with Gasteiger partial charge in [-0.05, 0) is 35.6 Å². The van der Waals surface area contributed by atoms with Gasteiger partial charge in [0.2, 0.25) is 0 Å². The normalized spacial score (nSPS) is 17.8. The Labute approximate surface area is 102 Å². The number of aliphatic imine (C=N–C) groups is 1. The van der Waals surface area contributed by atoms with Crippen LogP contribution >= 0.6 is 12.4 Å². The van der Waals surface area contributed by atoms with Crippen molar-refractivity contribution in [3.63, 3.8) is 0 Å². The van der Waals surface area contributed by atoms with Crippen molar-refractivity contribution in [2.24, 2.45) is 4.99 Å². The summed E-state index contributed by atoms with van der Waals surface area (Å²) in [6.07, 6.45) is 4.53. The van der Waals surface area contributed by atoms with Gasteiger partial charge in [0.15, 0.2) is 0 Å². The van der Waals surface area contributed by atoms with Crippen LogP contribution in [0.4, 0.5) is 0 Å². The van der Waals surface area contributed by atoms with Crippen LogP contribution in [0.15, 0.2) is 34.8 Å². The Morgan fingerprint density at radius 1 is 1.12 bits per heavy atom. The Kier molecular flexibility index (Phi) is 3.30. The van der Waals surface area contributed by atoms with Gasteiger partial charge < -0.3 is 5.32 Å². The third-order valence-electron chi connectivity index (χ3n) is 3.03. The van der Waals surface area contributed by atoms with E-state index in [1.165, 1.54) is 16.7 Å². The number of nitrogens with one attached hydrogen (secondary N) is 1. The Morgan fingerprint density at radius 2 is 2.00 bits per heavy atom. The zero-order valence-electron chi connectivity index (χ0n) is 9.07. The highest BCUT2D eigenvalue weighted by Crippen LogP contribution is 2.24. The van der Waals surface area contributed by atoms with E-state index >= 15 is 0 Å². The van der Waals surface area contributed by atoms with E-state index in [2.05, 4.69) is 40.7 Å². The summed E-state index contributed by atoms with van der Waals surface area (Å²) in [5, 5.41) is 3.34. The smallest absolute Gasteiger partial charge is 0.124 e. The molecular formula is C13H15ClN2. The van der Waals surface area contributed by atoms with Crippen LogP contribution in [0, 0.1) is 0 Å². The summed E-state index contributed by atoms with van der Waals surface area (Å²) in [4.78, 5) is 4.47. The molecule has 0 aromatic heterocycles. The molecule has 0 bridgehead atoms. The van der Waals surface area contributed by atoms with Crippen molar-refractivity contribution in [2.45, 2.75) is 12.8 Å². The molecule has 1 aliphatic heterocycles. The van der Waals surface area contributed by atoms with Crippen molar-refractivity contribution in [3.05, 3.63) is 41.0 Å². The van der Waals surface area contributed by atoms with Gasteiger partial charge in [0.05, 0.1) is 6.54 Å². The van der Waals surface area contributed by atoms with E-state index in [0.717, 1.165) is 31.8 Å². The van der Waals surface area contributed by atoms with Crippen molar-refractivity contribution >= 4 is 24.3 Å². The molecule has 0 atom stereocenters. The molecule has 0 amide bonds. The largest absolute Gasteiger partial charge is 0.368 e. The molecule has 0 spiro atoms. The third-order valence-corrected chi connectivity index (χ3v) is 3.03. The van der Waals surface area contributed by atoms with E-state index in [0.29, 0.717) is 0 Å². The molecule has 3 heteroatoms. The maximum atomic E-state index is 4.47. The van der Waals surface area contributed by atoms with E-state index in [-0.39, 0.29) is 12.4 Å². The number of amidine groups is 1. The molecule has 2 aliphatic rings. The molecular weight excluding hydrogens is 220 g/mol. The minimum absolute atomic E-state index is 0. The fourth-order valence-corrected chi connectivity index (χ4v) is 2.23. The molecule has 1 aliphatic carbocycles. The summed E-state index contributed by atoms with van der Waals surface area (Å²) in [5.74, 6) is 1.12. The van der Waals surface area contributed by atoms with Crippen LogP contribution < -0.4 is 5.32 Å². The number of benzene rings is 1. The minimum Gasteiger partial charge on any atom is -0.368 e. The Morgan fingerprint density at radius 3 is 2.81 bits per heavy atom. The van der Waals surface area contributed by atoms with E-state index in [1.54, 1.807) is 0 Å². The fraction of sp³-hybridized carbons (Fsp3) is 0.308. The van der Waals surface area contributed by atoms with Crippen LogP contribution in [0.25, 0.3) is 6.08 Å². The molecule has 0 saturated carbocycles.